The summed E-state index contributed by atoms with van der Waals surface area (Å²) in [4.78, 5) is 0. The summed E-state index contributed by atoms with van der Waals surface area (Å²) in [5, 5.41) is 7.45. The Balaban J connectivity index is 1.44. The molecule has 0 aromatic heterocycles. The zero-order chi connectivity index (χ0) is 35.8. The molecule has 10 aromatic rings. The molecule has 10 rings (SSSR count). The molecule has 0 saturated heterocycles. The van der Waals surface area contributed by atoms with Crippen molar-refractivity contribution >= 4 is 32.3 Å². The third-order valence-electron chi connectivity index (χ3n) is 10.8. The minimum atomic E-state index is 1.19. The van der Waals surface area contributed by atoms with Gasteiger partial charge in [0, 0.05) is 0 Å². The highest BCUT2D eigenvalue weighted by atomic mass is 14.3. The van der Waals surface area contributed by atoms with Crippen LogP contribution in [0.4, 0.5) is 0 Å². The molecule has 0 amide bonds. The smallest absolute Gasteiger partial charge is 0.000764 e. The van der Waals surface area contributed by atoms with E-state index in [-0.39, 0.29) is 0 Å². The van der Waals surface area contributed by atoms with E-state index < -0.39 is 0 Å². The molecule has 0 fully saturated rings. The molecule has 0 N–H and O–H groups in total. The SMILES string of the molecule is c1ccc(-c2cc(-c3ccccc3)c(-c3c4ccccc4c(-c4ccc5ccccc5c4)c4ccccc34)c(-c3ccccc3)c2-c2ccccc2)cc1. The first kappa shape index (κ1) is 31.7. The first-order valence-corrected chi connectivity index (χ1v) is 18.7. The van der Waals surface area contributed by atoms with E-state index in [1.807, 2.05) is 0 Å². The summed E-state index contributed by atoms with van der Waals surface area (Å²) in [7, 11) is 0. The minimum absolute atomic E-state index is 1.19. The molecule has 0 heterocycles. The minimum Gasteiger partial charge on any atom is -0.0622 e. The molecule has 54 heavy (non-hydrogen) atoms. The van der Waals surface area contributed by atoms with Crippen LogP contribution in [0.5, 0.6) is 0 Å². The summed E-state index contributed by atoms with van der Waals surface area (Å²) in [6, 6.07) is 79.9. The van der Waals surface area contributed by atoms with E-state index in [2.05, 4.69) is 218 Å². The second-order valence-corrected chi connectivity index (χ2v) is 14.0. The average molecular weight is 685 g/mol. The quantitative estimate of drug-likeness (QED) is 0.153. The second kappa shape index (κ2) is 13.5. The molecule has 0 saturated carbocycles. The highest BCUT2D eigenvalue weighted by molar-refractivity contribution is 6.25. The molecule has 10 aromatic carbocycles. The lowest BCUT2D eigenvalue weighted by Gasteiger charge is -2.27. The summed E-state index contributed by atoms with van der Waals surface area (Å²) >= 11 is 0. The normalized spacial score (nSPS) is 11.3. The van der Waals surface area contributed by atoms with Gasteiger partial charge in [0.1, 0.15) is 0 Å². The van der Waals surface area contributed by atoms with E-state index in [9.17, 15) is 0 Å². The van der Waals surface area contributed by atoms with Gasteiger partial charge in [0.05, 0.1) is 0 Å². The summed E-state index contributed by atoms with van der Waals surface area (Å²) < 4.78 is 0. The lowest BCUT2D eigenvalue weighted by atomic mass is 9.76. The number of fused-ring (bicyclic) bond motifs is 3. The molecular formula is C54H36. The van der Waals surface area contributed by atoms with Gasteiger partial charge >= 0.3 is 0 Å². The van der Waals surface area contributed by atoms with Crippen molar-refractivity contribution in [2.45, 2.75) is 0 Å². The van der Waals surface area contributed by atoms with E-state index in [1.54, 1.807) is 0 Å². The van der Waals surface area contributed by atoms with E-state index in [4.69, 9.17) is 0 Å². The van der Waals surface area contributed by atoms with Crippen molar-refractivity contribution in [1.82, 2.24) is 0 Å². The Morgan fingerprint density at radius 2 is 0.574 bits per heavy atom. The highest BCUT2D eigenvalue weighted by Gasteiger charge is 2.27. The van der Waals surface area contributed by atoms with E-state index in [1.165, 1.54) is 99.1 Å². The van der Waals surface area contributed by atoms with Crippen molar-refractivity contribution < 1.29 is 0 Å². The number of benzene rings is 10. The van der Waals surface area contributed by atoms with Gasteiger partial charge < -0.3 is 0 Å². The fourth-order valence-corrected chi connectivity index (χ4v) is 8.49. The van der Waals surface area contributed by atoms with Gasteiger partial charge in [0.2, 0.25) is 0 Å². The van der Waals surface area contributed by atoms with Gasteiger partial charge in [-0.3, -0.25) is 0 Å². The highest BCUT2D eigenvalue weighted by Crippen LogP contribution is 2.54. The molecule has 0 aliphatic rings. The van der Waals surface area contributed by atoms with Crippen LogP contribution >= 0.6 is 0 Å². The fraction of sp³-hybridized carbons (Fsp3) is 0. The summed E-state index contributed by atoms with van der Waals surface area (Å²) in [5.74, 6) is 0. The zero-order valence-electron chi connectivity index (χ0n) is 29.8. The molecule has 0 aliphatic carbocycles. The number of hydrogen-bond acceptors (Lipinski definition) is 0. The zero-order valence-corrected chi connectivity index (χ0v) is 29.8. The lowest BCUT2D eigenvalue weighted by Crippen LogP contribution is -2.00. The molecule has 0 unspecified atom stereocenters. The molecule has 0 atom stereocenters. The number of hydrogen-bond donors (Lipinski definition) is 0. The molecule has 0 bridgehead atoms. The van der Waals surface area contributed by atoms with Gasteiger partial charge in [-0.2, -0.15) is 0 Å². The van der Waals surface area contributed by atoms with Crippen LogP contribution in [0.2, 0.25) is 0 Å². The number of rotatable bonds is 6. The van der Waals surface area contributed by atoms with E-state index in [0.717, 1.165) is 0 Å². The molecule has 252 valence electrons. The first-order valence-electron chi connectivity index (χ1n) is 18.7. The molecule has 0 heteroatoms. The van der Waals surface area contributed by atoms with Gasteiger partial charge in [0.15, 0.2) is 0 Å². The van der Waals surface area contributed by atoms with Crippen LogP contribution in [-0.2, 0) is 0 Å². The van der Waals surface area contributed by atoms with Crippen LogP contribution < -0.4 is 0 Å². The third kappa shape index (κ3) is 5.40. The second-order valence-electron chi connectivity index (χ2n) is 14.0. The van der Waals surface area contributed by atoms with Crippen LogP contribution in [0.3, 0.4) is 0 Å². The molecular weight excluding hydrogens is 649 g/mol. The van der Waals surface area contributed by atoms with Crippen LogP contribution in [0.25, 0.3) is 99.1 Å². The van der Waals surface area contributed by atoms with Crippen molar-refractivity contribution in [2.75, 3.05) is 0 Å². The maximum absolute atomic E-state index is 2.45. The van der Waals surface area contributed by atoms with Gasteiger partial charge in [0.25, 0.3) is 0 Å². The maximum atomic E-state index is 2.45. The Labute approximate surface area is 316 Å². The van der Waals surface area contributed by atoms with Gasteiger partial charge in [-0.15, -0.1) is 0 Å². The van der Waals surface area contributed by atoms with Crippen LogP contribution in [0.1, 0.15) is 0 Å². The fourth-order valence-electron chi connectivity index (χ4n) is 8.49. The monoisotopic (exact) mass is 684 g/mol. The molecule has 0 spiro atoms. The van der Waals surface area contributed by atoms with Gasteiger partial charge in [-0.05, 0) is 111 Å². The van der Waals surface area contributed by atoms with E-state index >= 15 is 0 Å². The maximum Gasteiger partial charge on any atom is -0.000764 e. The summed E-state index contributed by atoms with van der Waals surface area (Å²) in [6.45, 7) is 0. The van der Waals surface area contributed by atoms with Crippen molar-refractivity contribution in [3.63, 3.8) is 0 Å². The standard InChI is InChI=1S/C54H36/c1-5-20-38(21-6-1)48-36-49(39-22-7-2-8-23-39)54(52(41-26-11-4-12-27-41)51(48)40-24-9-3-10-25-40)53-46-31-17-15-29-44(46)50(45-30-16-18-32-47(45)53)43-34-33-37-19-13-14-28-42(37)35-43/h1-36H. The van der Waals surface area contributed by atoms with Crippen LogP contribution in [-0.4, -0.2) is 0 Å². The Hall–Kier alpha value is -7.02. The predicted molar refractivity (Wildman–Crippen MR) is 232 cm³/mol. The summed E-state index contributed by atoms with van der Waals surface area (Å²) in [6.07, 6.45) is 0. The Bertz CT molecular complexity index is 2890. The third-order valence-corrected chi connectivity index (χ3v) is 10.8. The topological polar surface area (TPSA) is 0 Å². The summed E-state index contributed by atoms with van der Waals surface area (Å²) in [5.41, 5.74) is 14.6. The predicted octanol–water partition coefficient (Wildman–Crippen LogP) is 15.1. The Morgan fingerprint density at radius 1 is 0.185 bits per heavy atom. The van der Waals surface area contributed by atoms with Crippen LogP contribution in [0, 0.1) is 0 Å². The van der Waals surface area contributed by atoms with Gasteiger partial charge in [-0.1, -0.05) is 206 Å². The van der Waals surface area contributed by atoms with Crippen molar-refractivity contribution in [1.29, 1.82) is 0 Å². The Kier molecular flexibility index (Phi) is 7.93. The van der Waals surface area contributed by atoms with Crippen molar-refractivity contribution in [3.05, 3.63) is 218 Å². The largest absolute Gasteiger partial charge is 0.0622 e. The molecule has 0 nitrogen and oxygen atoms in total. The van der Waals surface area contributed by atoms with Gasteiger partial charge in [-0.25, -0.2) is 0 Å². The average Bonchev–Trinajstić information content (AvgIpc) is 3.26. The molecule has 0 radical (unpaired) electrons. The van der Waals surface area contributed by atoms with Crippen LogP contribution in [0.15, 0.2) is 218 Å². The molecule has 0 aliphatic heterocycles. The lowest BCUT2D eigenvalue weighted by molar-refractivity contribution is 1.54. The Morgan fingerprint density at radius 3 is 1.09 bits per heavy atom. The van der Waals surface area contributed by atoms with E-state index in [0.29, 0.717) is 0 Å². The first-order chi connectivity index (χ1) is 26.8. The van der Waals surface area contributed by atoms with Crippen molar-refractivity contribution in [2.24, 2.45) is 0 Å². The van der Waals surface area contributed by atoms with Crippen molar-refractivity contribution in [3.8, 4) is 66.8 Å².